The van der Waals surface area contributed by atoms with Crippen molar-refractivity contribution in [3.63, 3.8) is 0 Å². The molecule has 0 fully saturated rings. The van der Waals surface area contributed by atoms with Crippen LogP contribution < -0.4 is 5.32 Å². The lowest BCUT2D eigenvalue weighted by molar-refractivity contribution is 0.102. The Kier molecular flexibility index (Phi) is 4.29. The number of para-hydroxylation sites is 1. The Morgan fingerprint density at radius 3 is 2.38 bits per heavy atom. The van der Waals surface area contributed by atoms with Crippen LogP contribution in [0.3, 0.4) is 0 Å². The highest BCUT2D eigenvalue weighted by Crippen LogP contribution is 2.26. The number of alkyl halides is 2. The maximum Gasteiger partial charge on any atom is 0.341 e. The number of carbonyl (C=O) groups is 1. The molecule has 0 unspecified atom stereocenters. The first kappa shape index (κ1) is 16.5. The molecule has 0 atom stereocenters. The van der Waals surface area contributed by atoms with Crippen LogP contribution in [0.1, 0.15) is 10.4 Å². The summed E-state index contributed by atoms with van der Waals surface area (Å²) in [6, 6.07) is 11.7. The van der Waals surface area contributed by atoms with Crippen LogP contribution in [0.2, 0.25) is 0 Å². The Labute approximate surface area is 139 Å². The topological polar surface area (TPSA) is 76.1 Å². The van der Waals surface area contributed by atoms with Crippen molar-refractivity contribution in [2.45, 2.75) is 10.7 Å². The molecule has 2 aromatic carbocycles. The third-order valence-electron chi connectivity index (χ3n) is 3.19. The second-order valence-corrected chi connectivity index (χ2v) is 7.72. The molecule has 0 bridgehead atoms. The van der Waals surface area contributed by atoms with E-state index in [0.717, 1.165) is 22.3 Å². The van der Waals surface area contributed by atoms with Crippen molar-refractivity contribution in [3.05, 3.63) is 54.1 Å². The van der Waals surface area contributed by atoms with E-state index >= 15 is 0 Å². The quantitative estimate of drug-likeness (QED) is 0.764. The van der Waals surface area contributed by atoms with Gasteiger partial charge in [-0.15, -0.1) is 0 Å². The molecule has 3 aromatic rings. The van der Waals surface area contributed by atoms with Crippen LogP contribution in [-0.2, 0) is 9.84 Å². The molecule has 1 N–H and O–H groups in total. The van der Waals surface area contributed by atoms with Gasteiger partial charge >= 0.3 is 5.76 Å². The van der Waals surface area contributed by atoms with Gasteiger partial charge in [0.15, 0.2) is 5.13 Å². The number of nitrogens with zero attached hydrogens (tertiary/aromatic N) is 1. The van der Waals surface area contributed by atoms with E-state index in [1.165, 1.54) is 23.5 Å². The minimum Gasteiger partial charge on any atom is -0.298 e. The molecule has 0 spiro atoms. The van der Waals surface area contributed by atoms with E-state index in [0.29, 0.717) is 5.13 Å². The van der Waals surface area contributed by atoms with Crippen LogP contribution in [0.15, 0.2) is 53.4 Å². The van der Waals surface area contributed by atoms with E-state index in [1.807, 2.05) is 24.3 Å². The van der Waals surface area contributed by atoms with Crippen LogP contribution in [0.25, 0.3) is 10.2 Å². The summed E-state index contributed by atoms with van der Waals surface area (Å²) in [5.74, 6) is -4.00. The zero-order valence-corrected chi connectivity index (χ0v) is 13.6. The number of thiazole rings is 1. The van der Waals surface area contributed by atoms with Gasteiger partial charge in [0.1, 0.15) is 0 Å². The van der Waals surface area contributed by atoms with E-state index < -0.39 is 26.4 Å². The molecule has 3 rings (SSSR count). The molecule has 124 valence electrons. The third kappa shape index (κ3) is 3.13. The van der Waals surface area contributed by atoms with E-state index in [1.54, 1.807) is 0 Å². The lowest BCUT2D eigenvalue weighted by Gasteiger charge is -2.05. The average molecular weight is 368 g/mol. The van der Waals surface area contributed by atoms with Crippen molar-refractivity contribution in [1.82, 2.24) is 4.98 Å². The van der Waals surface area contributed by atoms with E-state index in [9.17, 15) is 22.0 Å². The fourth-order valence-electron chi connectivity index (χ4n) is 1.99. The second kappa shape index (κ2) is 6.25. The number of halogens is 2. The Bertz CT molecular complexity index is 966. The highest BCUT2D eigenvalue weighted by atomic mass is 32.2. The van der Waals surface area contributed by atoms with Crippen molar-refractivity contribution in [1.29, 1.82) is 0 Å². The molecule has 24 heavy (non-hydrogen) atoms. The molecular weight excluding hydrogens is 358 g/mol. The number of amides is 1. The molecular formula is C15H10F2N2O3S2. The predicted molar refractivity (Wildman–Crippen MR) is 87.2 cm³/mol. The molecule has 0 aliphatic heterocycles. The molecule has 0 saturated heterocycles. The minimum absolute atomic E-state index is 0.141. The van der Waals surface area contributed by atoms with E-state index in [2.05, 4.69) is 10.3 Å². The predicted octanol–water partition coefficient (Wildman–Crippen LogP) is 3.54. The number of hydrogen-bond donors (Lipinski definition) is 1. The summed E-state index contributed by atoms with van der Waals surface area (Å²) in [4.78, 5) is 15.9. The van der Waals surface area contributed by atoms with Gasteiger partial charge in [-0.1, -0.05) is 23.5 Å². The Hall–Kier alpha value is -2.39. The van der Waals surface area contributed by atoms with Gasteiger partial charge < -0.3 is 0 Å². The van der Waals surface area contributed by atoms with Crippen LogP contribution >= 0.6 is 11.3 Å². The van der Waals surface area contributed by atoms with Gasteiger partial charge in [-0.2, -0.15) is 8.78 Å². The number of hydrogen-bond acceptors (Lipinski definition) is 5. The molecule has 1 amide bonds. The first-order chi connectivity index (χ1) is 11.4. The van der Waals surface area contributed by atoms with Gasteiger partial charge in [-0.05, 0) is 36.4 Å². The maximum atomic E-state index is 12.5. The fraction of sp³-hybridized carbons (Fsp3) is 0.0667. The molecule has 9 heteroatoms. The van der Waals surface area contributed by atoms with Gasteiger partial charge in [0.2, 0.25) is 9.84 Å². The number of fused-ring (bicyclic) bond motifs is 1. The number of benzene rings is 2. The van der Waals surface area contributed by atoms with Crippen LogP contribution in [0.5, 0.6) is 0 Å². The summed E-state index contributed by atoms with van der Waals surface area (Å²) >= 11 is 1.29. The lowest BCUT2D eigenvalue weighted by Crippen LogP contribution is -2.14. The van der Waals surface area contributed by atoms with Gasteiger partial charge in [0, 0.05) is 5.56 Å². The number of sulfone groups is 1. The number of aromatic nitrogens is 1. The number of anilines is 1. The summed E-state index contributed by atoms with van der Waals surface area (Å²) in [6.45, 7) is 0. The van der Waals surface area contributed by atoms with Gasteiger partial charge in [-0.25, -0.2) is 13.4 Å². The number of rotatable bonds is 4. The van der Waals surface area contributed by atoms with Crippen LogP contribution in [0, 0.1) is 0 Å². The zero-order valence-electron chi connectivity index (χ0n) is 11.9. The molecule has 1 heterocycles. The monoisotopic (exact) mass is 368 g/mol. The first-order valence-electron chi connectivity index (χ1n) is 6.67. The molecule has 0 aliphatic carbocycles. The Balaban J connectivity index is 1.80. The van der Waals surface area contributed by atoms with E-state index in [4.69, 9.17) is 0 Å². The molecule has 0 aliphatic rings. The van der Waals surface area contributed by atoms with Crippen molar-refractivity contribution in [2.75, 3.05) is 5.32 Å². The van der Waals surface area contributed by atoms with Crippen molar-refractivity contribution < 1.29 is 22.0 Å². The Morgan fingerprint density at radius 1 is 1.08 bits per heavy atom. The van der Waals surface area contributed by atoms with Crippen LogP contribution in [-0.4, -0.2) is 25.1 Å². The smallest absolute Gasteiger partial charge is 0.298 e. The summed E-state index contributed by atoms with van der Waals surface area (Å²) in [7, 11) is -4.67. The van der Waals surface area contributed by atoms with E-state index in [-0.39, 0.29) is 5.56 Å². The summed E-state index contributed by atoms with van der Waals surface area (Å²) in [6.07, 6.45) is 0. The average Bonchev–Trinajstić information content (AvgIpc) is 2.97. The number of carbonyl (C=O) groups excluding carboxylic acids is 1. The largest absolute Gasteiger partial charge is 0.341 e. The highest BCUT2D eigenvalue weighted by molar-refractivity contribution is 7.91. The Morgan fingerprint density at radius 2 is 1.75 bits per heavy atom. The summed E-state index contributed by atoms with van der Waals surface area (Å²) in [5, 5.41) is 2.99. The number of nitrogens with one attached hydrogen (secondary N) is 1. The third-order valence-corrected chi connectivity index (χ3v) is 5.54. The van der Waals surface area contributed by atoms with Gasteiger partial charge in [-0.3, -0.25) is 10.1 Å². The van der Waals surface area contributed by atoms with Gasteiger partial charge in [0.25, 0.3) is 5.91 Å². The van der Waals surface area contributed by atoms with Crippen molar-refractivity contribution >= 4 is 42.4 Å². The second-order valence-electron chi connectivity index (χ2n) is 4.77. The lowest BCUT2D eigenvalue weighted by atomic mass is 10.2. The molecule has 0 radical (unpaired) electrons. The minimum atomic E-state index is -4.67. The maximum absolute atomic E-state index is 12.5. The van der Waals surface area contributed by atoms with Crippen LogP contribution in [0.4, 0.5) is 13.9 Å². The zero-order chi connectivity index (χ0) is 17.3. The highest BCUT2D eigenvalue weighted by Gasteiger charge is 2.26. The molecule has 0 saturated carbocycles. The van der Waals surface area contributed by atoms with Gasteiger partial charge in [0.05, 0.1) is 15.1 Å². The molecule has 1 aromatic heterocycles. The molecule has 5 nitrogen and oxygen atoms in total. The normalized spacial score (nSPS) is 11.8. The standard InChI is InChI=1S/C15H10F2N2O3S2/c16-14(17)24(21,22)10-7-5-9(6-8-10)13(20)19-15-18-11-3-1-2-4-12(11)23-15/h1-8,14H,(H,18,19,20). The van der Waals surface area contributed by atoms with Crippen molar-refractivity contribution in [2.24, 2.45) is 0 Å². The first-order valence-corrected chi connectivity index (χ1v) is 9.03. The van der Waals surface area contributed by atoms with Crippen molar-refractivity contribution in [3.8, 4) is 0 Å². The SMILES string of the molecule is O=C(Nc1nc2ccccc2s1)c1ccc(S(=O)(=O)C(F)F)cc1. The summed E-state index contributed by atoms with van der Waals surface area (Å²) < 4.78 is 48.5. The summed E-state index contributed by atoms with van der Waals surface area (Å²) in [5.41, 5.74) is 0.888. The fourth-order valence-corrected chi connectivity index (χ4v) is 3.58.